The van der Waals surface area contributed by atoms with Crippen LogP contribution in [-0.2, 0) is 6.54 Å². The van der Waals surface area contributed by atoms with Crippen molar-refractivity contribution in [2.45, 2.75) is 53.0 Å². The van der Waals surface area contributed by atoms with Crippen LogP contribution in [0.25, 0.3) is 0 Å². The van der Waals surface area contributed by atoms with Crippen LogP contribution in [0.2, 0.25) is 0 Å². The minimum atomic E-state index is 0.620. The van der Waals surface area contributed by atoms with Crippen LogP contribution in [0.3, 0.4) is 0 Å². The second-order valence-corrected chi connectivity index (χ2v) is 4.87. The van der Waals surface area contributed by atoms with E-state index in [1.54, 1.807) is 0 Å². The van der Waals surface area contributed by atoms with E-state index in [-0.39, 0.29) is 0 Å². The van der Waals surface area contributed by atoms with Crippen molar-refractivity contribution < 1.29 is 0 Å². The van der Waals surface area contributed by atoms with E-state index in [1.165, 1.54) is 29.5 Å². The van der Waals surface area contributed by atoms with Gasteiger partial charge in [0.2, 0.25) is 0 Å². The zero-order valence-electron chi connectivity index (χ0n) is 11.1. The van der Waals surface area contributed by atoms with Crippen molar-refractivity contribution in [2.24, 2.45) is 0 Å². The highest BCUT2D eigenvalue weighted by atomic mass is 14.8. The Balaban J connectivity index is 2.60. The molecule has 1 nitrogen and oxygen atoms in total. The lowest BCUT2D eigenvalue weighted by Crippen LogP contribution is -2.15. The molecule has 1 N–H and O–H groups in total. The lowest BCUT2D eigenvalue weighted by atomic mass is 9.98. The summed E-state index contributed by atoms with van der Waals surface area (Å²) >= 11 is 0. The van der Waals surface area contributed by atoms with Gasteiger partial charge in [0.25, 0.3) is 0 Å². The van der Waals surface area contributed by atoms with Gasteiger partial charge in [-0.25, -0.2) is 0 Å². The second kappa shape index (κ2) is 6.70. The van der Waals surface area contributed by atoms with Crippen LogP contribution in [-0.4, -0.2) is 6.54 Å². The SMILES string of the molecule is CCCCNCc1cc(C(C)C)ccc1C. The minimum absolute atomic E-state index is 0.620. The number of hydrogen-bond acceptors (Lipinski definition) is 1. The molecule has 0 heterocycles. The van der Waals surface area contributed by atoms with E-state index in [0.717, 1.165) is 13.1 Å². The van der Waals surface area contributed by atoms with Crippen molar-refractivity contribution in [2.75, 3.05) is 6.54 Å². The molecule has 1 heteroatoms. The molecule has 0 atom stereocenters. The van der Waals surface area contributed by atoms with E-state index >= 15 is 0 Å². The molecular formula is C15H25N. The zero-order chi connectivity index (χ0) is 12.0. The molecule has 16 heavy (non-hydrogen) atoms. The Bertz CT molecular complexity index is 315. The summed E-state index contributed by atoms with van der Waals surface area (Å²) in [4.78, 5) is 0. The molecule has 0 aliphatic heterocycles. The first-order chi connectivity index (χ1) is 7.65. The molecule has 1 rings (SSSR count). The van der Waals surface area contributed by atoms with E-state index in [2.05, 4.69) is 51.2 Å². The molecule has 90 valence electrons. The average Bonchev–Trinajstić information content (AvgIpc) is 2.26. The molecule has 1 aromatic rings. The number of benzene rings is 1. The van der Waals surface area contributed by atoms with Gasteiger partial charge in [-0.15, -0.1) is 0 Å². The summed E-state index contributed by atoms with van der Waals surface area (Å²) < 4.78 is 0. The number of unbranched alkanes of at least 4 members (excludes halogenated alkanes) is 1. The van der Waals surface area contributed by atoms with Gasteiger partial charge < -0.3 is 5.32 Å². The molecule has 0 saturated heterocycles. The first-order valence-corrected chi connectivity index (χ1v) is 6.45. The van der Waals surface area contributed by atoms with Gasteiger partial charge in [-0.1, -0.05) is 45.4 Å². The topological polar surface area (TPSA) is 12.0 Å². The van der Waals surface area contributed by atoms with Crippen molar-refractivity contribution in [3.8, 4) is 0 Å². The summed E-state index contributed by atoms with van der Waals surface area (Å²) in [5.41, 5.74) is 4.29. The second-order valence-electron chi connectivity index (χ2n) is 4.87. The van der Waals surface area contributed by atoms with E-state index in [9.17, 15) is 0 Å². The van der Waals surface area contributed by atoms with Gasteiger partial charge in [0.05, 0.1) is 0 Å². The van der Waals surface area contributed by atoms with Crippen molar-refractivity contribution in [3.05, 3.63) is 34.9 Å². The molecule has 0 spiro atoms. The molecule has 1 aromatic carbocycles. The van der Waals surface area contributed by atoms with Crippen LogP contribution in [0.4, 0.5) is 0 Å². The normalized spacial score (nSPS) is 11.1. The zero-order valence-corrected chi connectivity index (χ0v) is 11.1. The highest BCUT2D eigenvalue weighted by Crippen LogP contribution is 2.18. The quantitative estimate of drug-likeness (QED) is 0.713. The van der Waals surface area contributed by atoms with E-state index < -0.39 is 0 Å². The Morgan fingerprint density at radius 1 is 1.25 bits per heavy atom. The predicted molar refractivity (Wildman–Crippen MR) is 71.9 cm³/mol. The third-order valence-electron chi connectivity index (χ3n) is 3.06. The highest BCUT2D eigenvalue weighted by molar-refractivity contribution is 5.32. The molecule has 0 saturated carbocycles. The lowest BCUT2D eigenvalue weighted by molar-refractivity contribution is 0.639. The van der Waals surface area contributed by atoms with Crippen molar-refractivity contribution in [1.29, 1.82) is 0 Å². The molecule has 0 radical (unpaired) electrons. The molecule has 0 aromatic heterocycles. The van der Waals surface area contributed by atoms with E-state index in [1.807, 2.05) is 0 Å². The average molecular weight is 219 g/mol. The van der Waals surface area contributed by atoms with Gasteiger partial charge in [-0.3, -0.25) is 0 Å². The monoisotopic (exact) mass is 219 g/mol. The van der Waals surface area contributed by atoms with Crippen molar-refractivity contribution in [1.82, 2.24) is 5.32 Å². The third kappa shape index (κ3) is 3.97. The predicted octanol–water partition coefficient (Wildman–Crippen LogP) is 4.01. The molecule has 0 aliphatic rings. The Morgan fingerprint density at radius 2 is 2.00 bits per heavy atom. The maximum Gasteiger partial charge on any atom is 0.0208 e. The smallest absolute Gasteiger partial charge is 0.0208 e. The van der Waals surface area contributed by atoms with E-state index in [0.29, 0.717) is 5.92 Å². The fraction of sp³-hybridized carbons (Fsp3) is 0.600. The van der Waals surface area contributed by atoms with Gasteiger partial charge in [0.1, 0.15) is 0 Å². The standard InChI is InChI=1S/C15H25N/c1-5-6-9-16-11-15-10-14(12(2)3)8-7-13(15)4/h7-8,10,12,16H,5-6,9,11H2,1-4H3. The summed E-state index contributed by atoms with van der Waals surface area (Å²) in [6, 6.07) is 6.83. The lowest BCUT2D eigenvalue weighted by Gasteiger charge is -2.12. The summed E-state index contributed by atoms with van der Waals surface area (Å²) in [6.45, 7) is 11.1. The largest absolute Gasteiger partial charge is 0.313 e. The van der Waals surface area contributed by atoms with Gasteiger partial charge in [-0.05, 0) is 42.5 Å². The maximum absolute atomic E-state index is 3.51. The van der Waals surface area contributed by atoms with Crippen molar-refractivity contribution >= 4 is 0 Å². The number of hydrogen-bond donors (Lipinski definition) is 1. The van der Waals surface area contributed by atoms with Crippen LogP contribution in [0.5, 0.6) is 0 Å². The first kappa shape index (κ1) is 13.2. The molecule has 0 bridgehead atoms. The first-order valence-electron chi connectivity index (χ1n) is 6.45. The van der Waals surface area contributed by atoms with Gasteiger partial charge in [0, 0.05) is 6.54 Å². The van der Waals surface area contributed by atoms with Crippen LogP contribution in [0.1, 0.15) is 56.2 Å². The molecule has 0 amide bonds. The number of rotatable bonds is 6. The molecule has 0 aliphatic carbocycles. The van der Waals surface area contributed by atoms with Crippen LogP contribution >= 0.6 is 0 Å². The van der Waals surface area contributed by atoms with Crippen LogP contribution in [0.15, 0.2) is 18.2 Å². The van der Waals surface area contributed by atoms with Gasteiger partial charge in [0.15, 0.2) is 0 Å². The maximum atomic E-state index is 3.51. The van der Waals surface area contributed by atoms with Gasteiger partial charge >= 0.3 is 0 Å². The van der Waals surface area contributed by atoms with Crippen LogP contribution in [0, 0.1) is 6.92 Å². The summed E-state index contributed by atoms with van der Waals surface area (Å²) in [5.74, 6) is 0.620. The molecule has 0 unspecified atom stereocenters. The van der Waals surface area contributed by atoms with Crippen molar-refractivity contribution in [3.63, 3.8) is 0 Å². The Morgan fingerprint density at radius 3 is 2.62 bits per heavy atom. The summed E-state index contributed by atoms with van der Waals surface area (Å²) in [7, 11) is 0. The summed E-state index contributed by atoms with van der Waals surface area (Å²) in [6.07, 6.45) is 2.53. The highest BCUT2D eigenvalue weighted by Gasteiger charge is 2.03. The third-order valence-corrected chi connectivity index (χ3v) is 3.06. The Kier molecular flexibility index (Phi) is 5.54. The fourth-order valence-electron chi connectivity index (χ4n) is 1.77. The fourth-order valence-corrected chi connectivity index (χ4v) is 1.77. The Hall–Kier alpha value is -0.820. The Labute approximate surface area is 100 Å². The van der Waals surface area contributed by atoms with Crippen LogP contribution < -0.4 is 5.32 Å². The molecular weight excluding hydrogens is 194 g/mol. The number of nitrogens with one attached hydrogen (secondary N) is 1. The van der Waals surface area contributed by atoms with E-state index in [4.69, 9.17) is 0 Å². The van der Waals surface area contributed by atoms with Gasteiger partial charge in [-0.2, -0.15) is 0 Å². The summed E-state index contributed by atoms with van der Waals surface area (Å²) in [5, 5.41) is 3.51. The number of aryl methyl sites for hydroxylation is 1. The molecule has 0 fully saturated rings. The minimum Gasteiger partial charge on any atom is -0.313 e.